The molecule has 0 saturated heterocycles. The Hall–Kier alpha value is -2.67. The predicted octanol–water partition coefficient (Wildman–Crippen LogP) is 2.48. The second-order valence-corrected chi connectivity index (χ2v) is 7.24. The molecule has 0 aromatic heterocycles. The summed E-state index contributed by atoms with van der Waals surface area (Å²) in [7, 11) is -3.68. The predicted molar refractivity (Wildman–Crippen MR) is 94.0 cm³/mol. The number of nitrogens with zero attached hydrogens (tertiary/aromatic N) is 2. The number of hydrogen-bond acceptors (Lipinski definition) is 4. The summed E-state index contributed by atoms with van der Waals surface area (Å²) in [6.07, 6.45) is 1.18. The quantitative estimate of drug-likeness (QED) is 0.928. The Bertz CT molecular complexity index is 936. The van der Waals surface area contributed by atoms with E-state index in [2.05, 4.69) is 9.71 Å². The van der Waals surface area contributed by atoms with Crippen molar-refractivity contribution in [3.05, 3.63) is 53.6 Å². The number of fused-ring (bicyclic) bond motifs is 1. The van der Waals surface area contributed by atoms with Gasteiger partial charge >= 0.3 is 0 Å². The molecule has 0 radical (unpaired) electrons. The molecule has 0 aliphatic carbocycles. The first-order valence-corrected chi connectivity index (χ1v) is 8.84. The number of benzene rings is 2. The summed E-state index contributed by atoms with van der Waals surface area (Å²) in [6, 6.07) is 12.2. The minimum atomic E-state index is -3.68. The Morgan fingerprint density at radius 3 is 2.62 bits per heavy atom. The van der Waals surface area contributed by atoms with Gasteiger partial charge in [-0.05, 0) is 49.2 Å². The lowest BCUT2D eigenvalue weighted by Gasteiger charge is -2.24. The highest BCUT2D eigenvalue weighted by Gasteiger charge is 2.25. The third kappa shape index (κ3) is 3.16. The first-order chi connectivity index (χ1) is 11.4. The highest BCUT2D eigenvalue weighted by Crippen LogP contribution is 2.29. The topological polar surface area (TPSA) is 78.8 Å². The largest absolute Gasteiger partial charge is 0.325 e. The Morgan fingerprint density at radius 2 is 1.88 bits per heavy atom. The fourth-order valence-electron chi connectivity index (χ4n) is 2.45. The molecule has 6 nitrogen and oxygen atoms in total. The first-order valence-electron chi connectivity index (χ1n) is 7.40. The number of aryl methyl sites for hydroxylation is 2. The summed E-state index contributed by atoms with van der Waals surface area (Å²) in [6.45, 7) is 3.95. The van der Waals surface area contributed by atoms with E-state index < -0.39 is 10.0 Å². The molecule has 0 spiro atoms. The molecule has 1 N–H and O–H groups in total. The number of sulfonamides is 1. The standard InChI is InChI=1S/C17H17N3O3S/c1-12-7-8-14(9-13(12)2)19-17(21)10-20-11-18-24(22,23)16-6-4-3-5-15(16)20/h3-9,11H,10H2,1-2H3,(H,19,21). The average molecular weight is 343 g/mol. The van der Waals surface area contributed by atoms with Crippen LogP contribution >= 0.6 is 0 Å². The Morgan fingerprint density at radius 1 is 1.12 bits per heavy atom. The van der Waals surface area contributed by atoms with Crippen LogP contribution in [0.1, 0.15) is 11.1 Å². The van der Waals surface area contributed by atoms with Crippen LogP contribution in [0.2, 0.25) is 0 Å². The fourth-order valence-corrected chi connectivity index (χ4v) is 3.50. The third-order valence-corrected chi connectivity index (χ3v) is 5.16. The summed E-state index contributed by atoms with van der Waals surface area (Å²) in [4.78, 5) is 13.9. The van der Waals surface area contributed by atoms with Crippen molar-refractivity contribution in [1.29, 1.82) is 0 Å². The summed E-state index contributed by atoms with van der Waals surface area (Å²) >= 11 is 0. The van der Waals surface area contributed by atoms with E-state index in [0.717, 1.165) is 11.1 Å². The zero-order chi connectivity index (χ0) is 17.3. The van der Waals surface area contributed by atoms with Crippen molar-refractivity contribution < 1.29 is 13.2 Å². The highest BCUT2D eigenvalue weighted by atomic mass is 32.2. The number of amides is 1. The van der Waals surface area contributed by atoms with Crippen molar-refractivity contribution in [2.75, 3.05) is 16.8 Å². The molecule has 24 heavy (non-hydrogen) atoms. The van der Waals surface area contributed by atoms with Gasteiger partial charge in [0.1, 0.15) is 17.8 Å². The van der Waals surface area contributed by atoms with Crippen molar-refractivity contribution in [2.45, 2.75) is 18.7 Å². The van der Waals surface area contributed by atoms with Gasteiger partial charge in [-0.2, -0.15) is 8.42 Å². The average Bonchev–Trinajstić information content (AvgIpc) is 2.54. The van der Waals surface area contributed by atoms with Crippen LogP contribution in [-0.4, -0.2) is 27.2 Å². The maximum atomic E-state index is 12.3. The molecular weight excluding hydrogens is 326 g/mol. The molecule has 1 aliphatic heterocycles. The van der Waals surface area contributed by atoms with Crippen molar-refractivity contribution in [2.24, 2.45) is 4.40 Å². The summed E-state index contributed by atoms with van der Waals surface area (Å²) in [5.41, 5.74) is 3.39. The molecule has 0 bridgehead atoms. The second-order valence-electron chi connectivity index (χ2n) is 5.64. The number of hydrogen-bond donors (Lipinski definition) is 1. The Labute approximate surface area is 140 Å². The van der Waals surface area contributed by atoms with Crippen molar-refractivity contribution in [1.82, 2.24) is 0 Å². The van der Waals surface area contributed by atoms with E-state index in [1.165, 1.54) is 17.3 Å². The minimum Gasteiger partial charge on any atom is -0.325 e. The zero-order valence-corrected chi connectivity index (χ0v) is 14.2. The monoisotopic (exact) mass is 343 g/mol. The van der Waals surface area contributed by atoms with Crippen LogP contribution in [0, 0.1) is 13.8 Å². The second kappa shape index (κ2) is 6.09. The Kier molecular flexibility index (Phi) is 4.11. The molecule has 0 unspecified atom stereocenters. The van der Waals surface area contributed by atoms with Crippen LogP contribution in [0.4, 0.5) is 11.4 Å². The van der Waals surface area contributed by atoms with E-state index >= 15 is 0 Å². The van der Waals surface area contributed by atoms with E-state index in [0.29, 0.717) is 11.4 Å². The van der Waals surface area contributed by atoms with Gasteiger partial charge in [0.2, 0.25) is 5.91 Å². The number of nitrogens with one attached hydrogen (secondary N) is 1. The lowest BCUT2D eigenvalue weighted by atomic mass is 10.1. The van der Waals surface area contributed by atoms with E-state index in [1.807, 2.05) is 32.0 Å². The van der Waals surface area contributed by atoms with Crippen molar-refractivity contribution in [3.63, 3.8) is 0 Å². The van der Waals surface area contributed by atoms with Gasteiger partial charge in [0.15, 0.2) is 0 Å². The third-order valence-electron chi connectivity index (χ3n) is 3.88. The molecule has 2 aromatic rings. The van der Waals surface area contributed by atoms with E-state index in [-0.39, 0.29) is 17.3 Å². The van der Waals surface area contributed by atoms with Crippen LogP contribution in [0.25, 0.3) is 0 Å². The normalized spacial score (nSPS) is 15.0. The fraction of sp³-hybridized carbons (Fsp3) is 0.176. The molecular formula is C17H17N3O3S. The number of rotatable bonds is 3. The van der Waals surface area contributed by atoms with Gasteiger partial charge < -0.3 is 10.2 Å². The van der Waals surface area contributed by atoms with Gasteiger partial charge in [0, 0.05) is 5.69 Å². The van der Waals surface area contributed by atoms with Crippen LogP contribution in [-0.2, 0) is 14.8 Å². The lowest BCUT2D eigenvalue weighted by Crippen LogP contribution is -2.35. The molecule has 0 atom stereocenters. The molecule has 124 valence electrons. The maximum Gasteiger partial charge on any atom is 0.285 e. The zero-order valence-electron chi connectivity index (χ0n) is 13.4. The van der Waals surface area contributed by atoms with E-state index in [1.54, 1.807) is 18.2 Å². The van der Waals surface area contributed by atoms with Gasteiger partial charge in [0.25, 0.3) is 10.0 Å². The van der Waals surface area contributed by atoms with Gasteiger partial charge in [-0.15, -0.1) is 4.40 Å². The molecule has 0 fully saturated rings. The van der Waals surface area contributed by atoms with Crippen molar-refractivity contribution in [3.8, 4) is 0 Å². The molecule has 1 aliphatic rings. The molecule has 3 rings (SSSR count). The van der Waals surface area contributed by atoms with Gasteiger partial charge in [-0.3, -0.25) is 4.79 Å². The number of carbonyl (C=O) groups excluding carboxylic acids is 1. The molecule has 1 amide bonds. The first kappa shape index (κ1) is 16.2. The molecule has 0 saturated carbocycles. The lowest BCUT2D eigenvalue weighted by molar-refractivity contribution is -0.114. The van der Waals surface area contributed by atoms with Crippen molar-refractivity contribution >= 4 is 33.6 Å². The maximum absolute atomic E-state index is 12.3. The van der Waals surface area contributed by atoms with Gasteiger partial charge in [-0.1, -0.05) is 18.2 Å². The van der Waals surface area contributed by atoms with Gasteiger partial charge in [-0.25, -0.2) is 0 Å². The molecule has 2 aromatic carbocycles. The van der Waals surface area contributed by atoms with Crippen LogP contribution in [0.5, 0.6) is 0 Å². The van der Waals surface area contributed by atoms with E-state index in [9.17, 15) is 13.2 Å². The number of anilines is 2. The Balaban J connectivity index is 1.79. The number of para-hydroxylation sites is 1. The van der Waals surface area contributed by atoms with E-state index in [4.69, 9.17) is 0 Å². The SMILES string of the molecule is Cc1ccc(NC(=O)CN2C=NS(=O)(=O)c3ccccc32)cc1C. The van der Waals surface area contributed by atoms with Gasteiger partial charge in [0.05, 0.1) is 5.69 Å². The number of carbonyl (C=O) groups is 1. The summed E-state index contributed by atoms with van der Waals surface area (Å²) in [5.74, 6) is -0.251. The molecule has 7 heteroatoms. The van der Waals surface area contributed by atoms with Crippen LogP contribution in [0.3, 0.4) is 0 Å². The summed E-state index contributed by atoms with van der Waals surface area (Å²) < 4.78 is 27.4. The smallest absolute Gasteiger partial charge is 0.285 e. The molecule has 1 heterocycles. The van der Waals surface area contributed by atoms with Crippen LogP contribution < -0.4 is 10.2 Å². The van der Waals surface area contributed by atoms with Crippen LogP contribution in [0.15, 0.2) is 51.8 Å². The summed E-state index contributed by atoms with van der Waals surface area (Å²) in [5, 5.41) is 2.82. The highest BCUT2D eigenvalue weighted by molar-refractivity contribution is 7.90. The minimum absolute atomic E-state index is 0.0248.